The number of aryl methyl sites for hydroxylation is 1. The van der Waals surface area contributed by atoms with Crippen LogP contribution < -0.4 is 0 Å². The highest BCUT2D eigenvalue weighted by molar-refractivity contribution is 5.94. The Morgan fingerprint density at radius 2 is 2.11 bits per heavy atom. The summed E-state index contributed by atoms with van der Waals surface area (Å²) in [5.74, 6) is 0.335. The van der Waals surface area contributed by atoms with Crippen molar-refractivity contribution in [2.24, 2.45) is 0 Å². The molecule has 0 aliphatic carbocycles. The molecule has 7 heteroatoms. The predicted octanol–water partition coefficient (Wildman–Crippen LogP) is 3.60. The smallest absolute Gasteiger partial charge is 0.255 e. The second-order valence-corrected chi connectivity index (χ2v) is 6.73. The van der Waals surface area contributed by atoms with Gasteiger partial charge in [-0.2, -0.15) is 9.37 Å². The fourth-order valence-corrected chi connectivity index (χ4v) is 3.38. The van der Waals surface area contributed by atoms with E-state index in [-0.39, 0.29) is 11.8 Å². The Labute approximate surface area is 156 Å². The molecule has 1 saturated heterocycles. The van der Waals surface area contributed by atoms with Gasteiger partial charge in [0.2, 0.25) is 17.7 Å². The summed E-state index contributed by atoms with van der Waals surface area (Å²) >= 11 is 0. The molecule has 1 aliphatic rings. The highest BCUT2D eigenvalue weighted by Gasteiger charge is 2.29. The van der Waals surface area contributed by atoms with Gasteiger partial charge in [-0.1, -0.05) is 29.4 Å². The molecule has 0 N–H and O–H groups in total. The van der Waals surface area contributed by atoms with Gasteiger partial charge in [0.25, 0.3) is 5.91 Å². The Bertz CT molecular complexity index is 955. The highest BCUT2D eigenvalue weighted by atomic mass is 19.1. The lowest BCUT2D eigenvalue weighted by molar-refractivity contribution is 0.0695. The first-order valence-corrected chi connectivity index (χ1v) is 8.92. The third-order valence-electron chi connectivity index (χ3n) is 4.86. The molecule has 0 bridgehead atoms. The number of hydrogen-bond donors (Lipinski definition) is 0. The molecule has 2 aromatic heterocycles. The van der Waals surface area contributed by atoms with E-state index in [2.05, 4.69) is 15.1 Å². The number of halogens is 1. The van der Waals surface area contributed by atoms with Gasteiger partial charge >= 0.3 is 0 Å². The summed E-state index contributed by atoms with van der Waals surface area (Å²) in [6.45, 7) is 3.14. The van der Waals surface area contributed by atoms with Gasteiger partial charge in [0.1, 0.15) is 0 Å². The van der Waals surface area contributed by atoms with Gasteiger partial charge in [-0.3, -0.25) is 4.79 Å². The van der Waals surface area contributed by atoms with E-state index >= 15 is 0 Å². The van der Waals surface area contributed by atoms with Gasteiger partial charge in [-0.15, -0.1) is 0 Å². The van der Waals surface area contributed by atoms with Gasteiger partial charge in [0.15, 0.2) is 0 Å². The largest absolute Gasteiger partial charge is 0.339 e. The third-order valence-corrected chi connectivity index (χ3v) is 4.86. The van der Waals surface area contributed by atoms with Gasteiger partial charge in [0, 0.05) is 24.8 Å². The molecule has 0 spiro atoms. The van der Waals surface area contributed by atoms with E-state index in [4.69, 9.17) is 4.52 Å². The zero-order valence-corrected chi connectivity index (χ0v) is 14.9. The van der Waals surface area contributed by atoms with Crippen molar-refractivity contribution in [3.63, 3.8) is 0 Å². The molecule has 1 atom stereocenters. The van der Waals surface area contributed by atoms with Crippen molar-refractivity contribution < 1.29 is 13.7 Å². The molecule has 1 aromatic carbocycles. The number of benzene rings is 1. The zero-order valence-electron chi connectivity index (χ0n) is 14.9. The zero-order chi connectivity index (χ0) is 18.8. The maximum Gasteiger partial charge on any atom is 0.255 e. The topological polar surface area (TPSA) is 72.1 Å². The van der Waals surface area contributed by atoms with Crippen LogP contribution in [0.4, 0.5) is 4.39 Å². The molecule has 0 radical (unpaired) electrons. The number of likely N-dealkylation sites (tertiary alicyclic amines) is 1. The molecule has 138 valence electrons. The quantitative estimate of drug-likeness (QED) is 0.662. The average molecular weight is 366 g/mol. The molecule has 0 saturated carbocycles. The van der Waals surface area contributed by atoms with Crippen molar-refractivity contribution in [1.82, 2.24) is 20.0 Å². The number of pyridine rings is 1. The van der Waals surface area contributed by atoms with Crippen LogP contribution in [0.2, 0.25) is 0 Å². The van der Waals surface area contributed by atoms with Crippen molar-refractivity contribution in [3.05, 3.63) is 65.6 Å². The summed E-state index contributed by atoms with van der Waals surface area (Å²) < 4.78 is 18.5. The summed E-state index contributed by atoms with van der Waals surface area (Å²) in [5.41, 5.74) is 2.39. The first-order chi connectivity index (χ1) is 13.1. The van der Waals surface area contributed by atoms with E-state index in [1.54, 1.807) is 4.90 Å². The van der Waals surface area contributed by atoms with E-state index in [1.807, 2.05) is 31.2 Å². The Hall–Kier alpha value is -3.09. The number of hydrogen-bond acceptors (Lipinski definition) is 5. The molecule has 1 amide bonds. The standard InChI is InChI=1S/C20H19FN4O2/c1-13-5-2-3-7-16(13)18-23-19(27-24-18)15-6-4-10-25(12-15)20(26)14-8-9-17(21)22-11-14/h2-3,5,7-9,11,15H,4,6,10,12H2,1H3/t15-/m0/s1. The van der Waals surface area contributed by atoms with Crippen LogP contribution >= 0.6 is 0 Å². The average Bonchev–Trinajstić information content (AvgIpc) is 3.18. The minimum atomic E-state index is -0.599. The summed E-state index contributed by atoms with van der Waals surface area (Å²) in [7, 11) is 0. The van der Waals surface area contributed by atoms with Crippen LogP contribution in [0, 0.1) is 12.9 Å². The lowest BCUT2D eigenvalue weighted by Gasteiger charge is -2.31. The number of rotatable bonds is 3. The minimum absolute atomic E-state index is 0.0126. The van der Waals surface area contributed by atoms with Gasteiger partial charge in [0.05, 0.1) is 11.5 Å². The molecule has 0 unspecified atom stereocenters. The lowest BCUT2D eigenvalue weighted by Crippen LogP contribution is -2.39. The molecule has 1 fully saturated rings. The van der Waals surface area contributed by atoms with Gasteiger partial charge in [-0.25, -0.2) is 4.98 Å². The molecule has 3 heterocycles. The molecule has 27 heavy (non-hydrogen) atoms. The molecule has 1 aliphatic heterocycles. The molecular formula is C20H19FN4O2. The first-order valence-electron chi connectivity index (χ1n) is 8.92. The summed E-state index contributed by atoms with van der Waals surface area (Å²) in [6, 6.07) is 10.5. The Balaban J connectivity index is 1.51. The lowest BCUT2D eigenvalue weighted by atomic mass is 9.97. The number of amides is 1. The summed E-state index contributed by atoms with van der Waals surface area (Å²) in [4.78, 5) is 22.5. The van der Waals surface area contributed by atoms with Crippen LogP contribution in [0.25, 0.3) is 11.4 Å². The van der Waals surface area contributed by atoms with Crippen molar-refractivity contribution >= 4 is 5.91 Å². The van der Waals surface area contributed by atoms with E-state index < -0.39 is 5.95 Å². The Morgan fingerprint density at radius 3 is 2.89 bits per heavy atom. The van der Waals surface area contributed by atoms with Crippen LogP contribution in [-0.2, 0) is 0 Å². The minimum Gasteiger partial charge on any atom is -0.339 e. The number of carbonyl (C=O) groups is 1. The summed E-state index contributed by atoms with van der Waals surface area (Å²) in [5, 5.41) is 4.12. The Kier molecular flexibility index (Phi) is 4.66. The number of carbonyl (C=O) groups excluding carboxylic acids is 1. The van der Waals surface area contributed by atoms with Crippen LogP contribution in [-0.4, -0.2) is 39.0 Å². The van der Waals surface area contributed by atoms with E-state index in [0.29, 0.717) is 30.4 Å². The van der Waals surface area contributed by atoms with Crippen LogP contribution in [0.1, 0.15) is 40.6 Å². The van der Waals surface area contributed by atoms with Crippen molar-refractivity contribution in [3.8, 4) is 11.4 Å². The van der Waals surface area contributed by atoms with Gasteiger partial charge < -0.3 is 9.42 Å². The van der Waals surface area contributed by atoms with Crippen LogP contribution in [0.5, 0.6) is 0 Å². The number of aromatic nitrogens is 3. The fourth-order valence-electron chi connectivity index (χ4n) is 3.38. The SMILES string of the molecule is Cc1ccccc1-c1noc([C@H]2CCCN(C(=O)c3ccc(F)nc3)C2)n1. The van der Waals surface area contributed by atoms with Crippen LogP contribution in [0.3, 0.4) is 0 Å². The Morgan fingerprint density at radius 1 is 1.26 bits per heavy atom. The van der Waals surface area contributed by atoms with Crippen molar-refractivity contribution in [2.45, 2.75) is 25.7 Å². The highest BCUT2D eigenvalue weighted by Crippen LogP contribution is 2.29. The maximum atomic E-state index is 13.0. The fraction of sp³-hybridized carbons (Fsp3) is 0.300. The molecular weight excluding hydrogens is 347 g/mol. The molecule has 6 nitrogen and oxygen atoms in total. The second kappa shape index (κ2) is 7.26. The van der Waals surface area contributed by atoms with E-state index in [0.717, 1.165) is 24.0 Å². The van der Waals surface area contributed by atoms with Crippen molar-refractivity contribution in [1.29, 1.82) is 0 Å². The maximum absolute atomic E-state index is 13.0. The van der Waals surface area contributed by atoms with Crippen LogP contribution in [0.15, 0.2) is 47.1 Å². The molecule has 4 rings (SSSR count). The predicted molar refractivity (Wildman–Crippen MR) is 96.5 cm³/mol. The third kappa shape index (κ3) is 3.58. The first kappa shape index (κ1) is 17.3. The second-order valence-electron chi connectivity index (χ2n) is 6.73. The normalized spacial score (nSPS) is 17.1. The van der Waals surface area contributed by atoms with E-state index in [1.165, 1.54) is 18.3 Å². The van der Waals surface area contributed by atoms with Gasteiger partial charge in [-0.05, 0) is 37.5 Å². The summed E-state index contributed by atoms with van der Waals surface area (Å²) in [6.07, 6.45) is 2.98. The van der Waals surface area contributed by atoms with Crippen molar-refractivity contribution in [2.75, 3.05) is 13.1 Å². The number of nitrogens with zero attached hydrogens (tertiary/aromatic N) is 4. The molecule has 3 aromatic rings. The monoisotopic (exact) mass is 366 g/mol. The van der Waals surface area contributed by atoms with E-state index in [9.17, 15) is 9.18 Å². The number of piperidine rings is 1.